The maximum absolute atomic E-state index is 13.7. The van der Waals surface area contributed by atoms with Crippen LogP contribution in [0, 0.1) is 0 Å². The van der Waals surface area contributed by atoms with Crippen LogP contribution in [0.4, 0.5) is 11.4 Å². The third kappa shape index (κ3) is 8.33. The highest BCUT2D eigenvalue weighted by atomic mass is 32.2. The smallest absolute Gasteiger partial charge is 0.272 e. The highest BCUT2D eigenvalue weighted by molar-refractivity contribution is 8.00. The van der Waals surface area contributed by atoms with Crippen molar-refractivity contribution in [1.82, 2.24) is 5.32 Å². The van der Waals surface area contributed by atoms with Crippen LogP contribution in [0.5, 0.6) is 0 Å². The number of thioether (sulfide) groups is 1. The minimum Gasteiger partial charge on any atom is -0.366 e. The van der Waals surface area contributed by atoms with Gasteiger partial charge in [-0.1, -0.05) is 91.0 Å². The molecule has 0 saturated carbocycles. The number of nitrogens with one attached hydrogen (secondary N) is 3. The van der Waals surface area contributed by atoms with Gasteiger partial charge < -0.3 is 21.7 Å². The second kappa shape index (κ2) is 15.6. The van der Waals surface area contributed by atoms with Gasteiger partial charge in [-0.25, -0.2) is 0 Å². The van der Waals surface area contributed by atoms with E-state index in [-0.39, 0.29) is 11.6 Å². The van der Waals surface area contributed by atoms with Gasteiger partial charge in [0.05, 0.1) is 0 Å². The number of anilines is 2. The van der Waals surface area contributed by atoms with E-state index in [0.29, 0.717) is 22.5 Å². The highest BCUT2D eigenvalue weighted by Crippen LogP contribution is 2.37. The number of primary amides is 1. The zero-order valence-electron chi connectivity index (χ0n) is 26.7. The quantitative estimate of drug-likeness (QED) is 0.0821. The van der Waals surface area contributed by atoms with Crippen LogP contribution in [0.15, 0.2) is 162 Å². The molecule has 8 nitrogen and oxygen atoms in total. The third-order valence-corrected chi connectivity index (χ3v) is 9.06. The molecule has 0 aliphatic carbocycles. The predicted molar refractivity (Wildman–Crippen MR) is 200 cm³/mol. The number of hydrogen-bond donors (Lipinski definition) is 4. The fraction of sp³-hybridized carbons (Fsp3) is 0.0244. The number of carbonyl (C=O) groups excluding carboxylic acids is 4. The van der Waals surface area contributed by atoms with Gasteiger partial charge in [0, 0.05) is 27.4 Å². The first-order valence-corrected chi connectivity index (χ1v) is 16.6. The summed E-state index contributed by atoms with van der Waals surface area (Å²) in [6, 6.07) is 45.2. The van der Waals surface area contributed by atoms with Crippen LogP contribution in [0.2, 0.25) is 0 Å². The van der Waals surface area contributed by atoms with Crippen molar-refractivity contribution in [3.8, 4) is 0 Å². The van der Waals surface area contributed by atoms with Crippen molar-refractivity contribution in [2.75, 3.05) is 10.6 Å². The summed E-state index contributed by atoms with van der Waals surface area (Å²) >= 11 is 1.35. The van der Waals surface area contributed by atoms with Gasteiger partial charge in [-0.05, 0) is 88.6 Å². The molecule has 0 heterocycles. The van der Waals surface area contributed by atoms with E-state index < -0.39 is 23.0 Å². The first-order chi connectivity index (χ1) is 24.3. The number of carbonyl (C=O) groups is 4. The van der Waals surface area contributed by atoms with E-state index in [9.17, 15) is 19.2 Å². The Hall–Kier alpha value is -6.45. The maximum atomic E-state index is 13.7. The molecular formula is C41H32N4O4S. The normalized spacial score (nSPS) is 11.7. The minimum atomic E-state index is -0.601. The van der Waals surface area contributed by atoms with Gasteiger partial charge in [-0.15, -0.1) is 11.8 Å². The molecule has 0 aliphatic rings. The van der Waals surface area contributed by atoms with Gasteiger partial charge in [0.2, 0.25) is 11.8 Å². The van der Waals surface area contributed by atoms with Gasteiger partial charge in [0.15, 0.2) is 0 Å². The van der Waals surface area contributed by atoms with Crippen molar-refractivity contribution in [2.45, 2.75) is 10.1 Å². The predicted octanol–water partition coefficient (Wildman–Crippen LogP) is 7.82. The summed E-state index contributed by atoms with van der Waals surface area (Å²) in [4.78, 5) is 52.6. The monoisotopic (exact) mass is 676 g/mol. The van der Waals surface area contributed by atoms with Crippen LogP contribution in [0.3, 0.4) is 0 Å². The Bertz CT molecular complexity index is 2180. The van der Waals surface area contributed by atoms with Crippen LogP contribution >= 0.6 is 11.8 Å². The van der Waals surface area contributed by atoms with Gasteiger partial charge in [-0.3, -0.25) is 19.2 Å². The van der Waals surface area contributed by atoms with Gasteiger partial charge in [0.1, 0.15) is 10.9 Å². The lowest BCUT2D eigenvalue weighted by Gasteiger charge is -2.18. The first kappa shape index (κ1) is 33.5. The SMILES string of the molecule is NC(=O)c1ccc(NC(=O)C(Sc2ccc(NC(=O)/C(=C/c3cccc4ccccc34)NC(=O)c3ccccc3)cc2)c2ccccc2)cc1. The van der Waals surface area contributed by atoms with Crippen LogP contribution in [0.25, 0.3) is 16.8 Å². The molecule has 0 bridgehead atoms. The number of nitrogens with two attached hydrogens (primary N) is 1. The van der Waals surface area contributed by atoms with Gasteiger partial charge in [0.25, 0.3) is 11.8 Å². The Labute approximate surface area is 293 Å². The molecule has 50 heavy (non-hydrogen) atoms. The van der Waals surface area contributed by atoms with Crippen molar-refractivity contribution < 1.29 is 19.2 Å². The molecule has 1 unspecified atom stereocenters. The van der Waals surface area contributed by atoms with E-state index in [1.807, 2.05) is 91.0 Å². The highest BCUT2D eigenvalue weighted by Gasteiger charge is 2.23. The molecule has 6 aromatic rings. The maximum Gasteiger partial charge on any atom is 0.272 e. The standard InChI is InChI=1S/C41H32N4O4S/c42-38(46)29-18-20-32(21-19-29)44-41(49)37(28-11-3-1-4-12-28)50-34-24-22-33(23-25-34)43-40(48)36(45-39(47)30-13-5-2-6-14-30)26-31-16-9-15-27-10-7-8-17-35(27)31/h1-26,37H,(H2,42,46)(H,43,48)(H,44,49)(H,45,47)/b36-26-. The zero-order chi connectivity index (χ0) is 34.9. The lowest BCUT2D eigenvalue weighted by atomic mass is 10.0. The zero-order valence-corrected chi connectivity index (χ0v) is 27.5. The summed E-state index contributed by atoms with van der Waals surface area (Å²) in [6.07, 6.45) is 1.67. The van der Waals surface area contributed by atoms with Crippen LogP contribution < -0.4 is 21.7 Å². The Morgan fingerprint density at radius 1 is 0.600 bits per heavy atom. The molecule has 1 atom stereocenters. The fourth-order valence-corrected chi connectivity index (χ4v) is 6.28. The van der Waals surface area contributed by atoms with E-state index in [2.05, 4.69) is 16.0 Å². The fourth-order valence-electron chi connectivity index (χ4n) is 5.25. The molecule has 0 radical (unpaired) electrons. The van der Waals surface area contributed by atoms with Crippen molar-refractivity contribution in [2.24, 2.45) is 5.73 Å². The first-order valence-electron chi connectivity index (χ1n) is 15.7. The molecule has 5 N–H and O–H groups in total. The van der Waals surface area contributed by atoms with E-state index in [1.165, 1.54) is 11.8 Å². The molecule has 6 aromatic carbocycles. The summed E-state index contributed by atoms with van der Waals surface area (Å²) in [5.74, 6) is -1.70. The van der Waals surface area contributed by atoms with Crippen molar-refractivity contribution in [3.63, 3.8) is 0 Å². The number of hydrogen-bond acceptors (Lipinski definition) is 5. The van der Waals surface area contributed by atoms with E-state index in [1.54, 1.807) is 66.7 Å². The summed E-state index contributed by atoms with van der Waals surface area (Å²) in [6.45, 7) is 0. The summed E-state index contributed by atoms with van der Waals surface area (Å²) < 4.78 is 0. The lowest BCUT2D eigenvalue weighted by Crippen LogP contribution is -2.30. The minimum absolute atomic E-state index is 0.0818. The average Bonchev–Trinajstić information content (AvgIpc) is 3.15. The molecule has 0 spiro atoms. The Kier molecular flexibility index (Phi) is 10.5. The molecule has 4 amide bonds. The Balaban J connectivity index is 1.21. The molecule has 0 aromatic heterocycles. The second-order valence-electron chi connectivity index (χ2n) is 11.3. The second-order valence-corrected chi connectivity index (χ2v) is 12.4. The number of amides is 4. The summed E-state index contributed by atoms with van der Waals surface area (Å²) in [7, 11) is 0. The molecule has 0 saturated heterocycles. The van der Waals surface area contributed by atoms with Crippen molar-refractivity contribution in [3.05, 3.63) is 180 Å². The van der Waals surface area contributed by atoms with E-state index in [4.69, 9.17) is 5.73 Å². The van der Waals surface area contributed by atoms with Crippen molar-refractivity contribution in [1.29, 1.82) is 0 Å². The largest absolute Gasteiger partial charge is 0.366 e. The van der Waals surface area contributed by atoms with Gasteiger partial charge >= 0.3 is 0 Å². The van der Waals surface area contributed by atoms with Crippen LogP contribution in [-0.4, -0.2) is 23.6 Å². The Morgan fingerprint density at radius 3 is 1.90 bits per heavy atom. The Morgan fingerprint density at radius 2 is 1.20 bits per heavy atom. The number of fused-ring (bicyclic) bond motifs is 1. The topological polar surface area (TPSA) is 130 Å². The number of benzene rings is 6. The molecule has 0 fully saturated rings. The van der Waals surface area contributed by atoms with Crippen LogP contribution in [-0.2, 0) is 9.59 Å². The molecule has 0 aliphatic heterocycles. The molecule has 246 valence electrons. The molecule has 9 heteroatoms. The average molecular weight is 677 g/mol. The summed E-state index contributed by atoms with van der Waals surface area (Å²) in [5, 5.41) is 9.98. The molecular weight excluding hydrogens is 645 g/mol. The van der Waals surface area contributed by atoms with Gasteiger partial charge in [-0.2, -0.15) is 0 Å². The van der Waals surface area contributed by atoms with E-state index in [0.717, 1.165) is 26.8 Å². The van der Waals surface area contributed by atoms with Crippen LogP contribution in [0.1, 0.15) is 37.1 Å². The van der Waals surface area contributed by atoms with E-state index >= 15 is 0 Å². The summed E-state index contributed by atoms with van der Waals surface area (Å²) in [5.41, 5.74) is 8.82. The van der Waals surface area contributed by atoms with Crippen molar-refractivity contribution >= 4 is 63.6 Å². The lowest BCUT2D eigenvalue weighted by molar-refractivity contribution is -0.116. The number of rotatable bonds is 11. The molecule has 6 rings (SSSR count). The third-order valence-electron chi connectivity index (χ3n) is 7.80.